The zero-order valence-corrected chi connectivity index (χ0v) is 19.1. The minimum absolute atomic E-state index is 0.122. The van der Waals surface area contributed by atoms with E-state index in [1.165, 1.54) is 82.7 Å². The van der Waals surface area contributed by atoms with E-state index in [9.17, 15) is 0 Å². The molecule has 0 aromatic heterocycles. The van der Waals surface area contributed by atoms with Gasteiger partial charge in [0.05, 0.1) is 5.66 Å². The van der Waals surface area contributed by atoms with Crippen LogP contribution in [0.2, 0.25) is 0 Å². The summed E-state index contributed by atoms with van der Waals surface area (Å²) < 4.78 is 0. The highest BCUT2D eigenvalue weighted by Gasteiger charge is 2.40. The number of hydrogen-bond donors (Lipinski definition) is 0. The Morgan fingerprint density at radius 3 is 1.43 bits per heavy atom. The molecule has 0 unspecified atom stereocenters. The summed E-state index contributed by atoms with van der Waals surface area (Å²) in [6.45, 7) is 21.0. The lowest BCUT2D eigenvalue weighted by molar-refractivity contribution is -0.0353. The molecule has 0 fully saturated rings. The van der Waals surface area contributed by atoms with E-state index in [0.29, 0.717) is 0 Å². The topological polar surface area (TPSA) is 6.48 Å². The molecule has 0 aromatic carbocycles. The van der Waals surface area contributed by atoms with Crippen LogP contribution in [0.25, 0.3) is 0 Å². The fourth-order valence-corrected chi connectivity index (χ4v) is 4.70. The molecule has 0 spiro atoms. The van der Waals surface area contributed by atoms with Crippen molar-refractivity contribution in [2.24, 2.45) is 0 Å². The van der Waals surface area contributed by atoms with Crippen molar-refractivity contribution in [1.29, 1.82) is 0 Å². The van der Waals surface area contributed by atoms with Crippen molar-refractivity contribution >= 4 is 10.2 Å². The first-order chi connectivity index (χ1) is 11.0. The van der Waals surface area contributed by atoms with E-state index >= 15 is 0 Å². The maximum atomic E-state index is 4.55. The first kappa shape index (κ1) is 22.9. The molecule has 2 nitrogen and oxygen atoms in total. The van der Waals surface area contributed by atoms with Crippen molar-refractivity contribution in [2.45, 2.75) is 91.6 Å². The van der Waals surface area contributed by atoms with Gasteiger partial charge in [-0.2, -0.15) is 0 Å². The molecular weight excluding hydrogens is 296 g/mol. The molecular formula is C20H44N2Si. The lowest BCUT2D eigenvalue weighted by Gasteiger charge is -2.52. The molecule has 0 radical (unpaired) electrons. The van der Waals surface area contributed by atoms with E-state index in [1.54, 1.807) is 0 Å². The Labute approximate surface area is 150 Å². The summed E-state index contributed by atoms with van der Waals surface area (Å²) in [6, 6.07) is 0. The maximum absolute atomic E-state index is 4.55. The van der Waals surface area contributed by atoms with Crippen LogP contribution in [-0.4, -0.2) is 51.9 Å². The molecule has 0 atom stereocenters. The van der Waals surface area contributed by atoms with E-state index in [0.717, 1.165) is 10.2 Å². The fourth-order valence-electron chi connectivity index (χ4n) is 3.82. The predicted octanol–water partition coefficient (Wildman–Crippen LogP) is 4.39. The Morgan fingerprint density at radius 2 is 1.17 bits per heavy atom. The van der Waals surface area contributed by atoms with Crippen LogP contribution in [0, 0.1) is 0 Å². The van der Waals surface area contributed by atoms with Gasteiger partial charge in [0, 0.05) is 23.3 Å². The van der Waals surface area contributed by atoms with Gasteiger partial charge >= 0.3 is 0 Å². The van der Waals surface area contributed by atoms with Crippen molar-refractivity contribution in [3.8, 4) is 0 Å². The average Bonchev–Trinajstić information content (AvgIpc) is 2.53. The fraction of sp³-hybridized carbons (Fsp3) is 0.900. The van der Waals surface area contributed by atoms with Crippen molar-refractivity contribution in [3.05, 3.63) is 11.8 Å². The number of rotatable bonds is 15. The third-order valence-electron chi connectivity index (χ3n) is 4.88. The van der Waals surface area contributed by atoms with Gasteiger partial charge in [0.2, 0.25) is 0 Å². The summed E-state index contributed by atoms with van der Waals surface area (Å²) in [5.74, 6) is 0. The monoisotopic (exact) mass is 340 g/mol. The van der Waals surface area contributed by atoms with Gasteiger partial charge in [-0.1, -0.05) is 59.1 Å². The standard InChI is InChI=1S/C20H44N2Si/c1-7-12-17-21(15-10-4)20(14-9-3,19(6)23)22(16-11-5)18-13-8-2/h6-18H2,1-5,23H3. The van der Waals surface area contributed by atoms with Crippen molar-refractivity contribution < 1.29 is 0 Å². The van der Waals surface area contributed by atoms with E-state index in [1.807, 2.05) is 0 Å². The molecule has 138 valence electrons. The minimum atomic E-state index is 0.122. The SMILES string of the molecule is C=C([SiH3])C(CCC)(N(CCC)CCCC)N(CCC)CCCC. The molecule has 23 heavy (non-hydrogen) atoms. The molecule has 0 saturated carbocycles. The second kappa shape index (κ2) is 13.2. The summed E-state index contributed by atoms with van der Waals surface area (Å²) >= 11 is 0. The van der Waals surface area contributed by atoms with Crippen molar-refractivity contribution in [1.82, 2.24) is 9.80 Å². The first-order valence-electron chi connectivity index (χ1n) is 10.2. The highest BCUT2D eigenvalue weighted by molar-refractivity contribution is 6.22. The Morgan fingerprint density at radius 1 is 0.739 bits per heavy atom. The maximum Gasteiger partial charge on any atom is 0.0910 e. The molecule has 0 bridgehead atoms. The van der Waals surface area contributed by atoms with Crippen molar-refractivity contribution in [2.75, 3.05) is 26.2 Å². The normalized spacial score (nSPS) is 12.5. The van der Waals surface area contributed by atoms with Gasteiger partial charge in [-0.3, -0.25) is 9.80 Å². The second-order valence-electron chi connectivity index (χ2n) is 7.03. The third-order valence-corrected chi connectivity index (χ3v) is 5.68. The Bertz CT molecular complexity index is 286. The van der Waals surface area contributed by atoms with Crippen LogP contribution in [0.15, 0.2) is 11.8 Å². The van der Waals surface area contributed by atoms with E-state index in [4.69, 9.17) is 0 Å². The Kier molecular flexibility index (Phi) is 13.1. The van der Waals surface area contributed by atoms with Gasteiger partial charge in [0.1, 0.15) is 0 Å². The van der Waals surface area contributed by atoms with Crippen LogP contribution in [0.1, 0.15) is 86.0 Å². The van der Waals surface area contributed by atoms with Crippen LogP contribution in [-0.2, 0) is 0 Å². The van der Waals surface area contributed by atoms with Crippen LogP contribution >= 0.6 is 0 Å². The number of nitrogens with zero attached hydrogens (tertiary/aromatic N) is 2. The van der Waals surface area contributed by atoms with E-state index in [2.05, 4.69) is 51.0 Å². The first-order valence-corrected chi connectivity index (χ1v) is 11.2. The summed E-state index contributed by atoms with van der Waals surface area (Å²) in [5, 5.41) is 1.48. The summed E-state index contributed by atoms with van der Waals surface area (Å²) in [4.78, 5) is 5.58. The summed E-state index contributed by atoms with van der Waals surface area (Å²) in [5.41, 5.74) is 0.122. The smallest absolute Gasteiger partial charge is 0.0910 e. The molecule has 0 aliphatic carbocycles. The summed E-state index contributed by atoms with van der Waals surface area (Å²) in [6.07, 6.45) is 10.1. The lowest BCUT2D eigenvalue weighted by atomic mass is 9.96. The second-order valence-corrected chi connectivity index (χ2v) is 8.24. The van der Waals surface area contributed by atoms with Gasteiger partial charge in [-0.05, 0) is 45.2 Å². The molecule has 0 amide bonds. The number of hydrogen-bond acceptors (Lipinski definition) is 2. The molecule has 0 saturated heterocycles. The van der Waals surface area contributed by atoms with Gasteiger partial charge in [-0.25, -0.2) is 0 Å². The van der Waals surface area contributed by atoms with Crippen LogP contribution in [0.3, 0.4) is 0 Å². The quantitative estimate of drug-likeness (QED) is 0.322. The zero-order chi connectivity index (χ0) is 17.7. The van der Waals surface area contributed by atoms with Crippen molar-refractivity contribution in [3.63, 3.8) is 0 Å². The van der Waals surface area contributed by atoms with Gasteiger partial charge < -0.3 is 0 Å². The zero-order valence-electron chi connectivity index (χ0n) is 17.1. The van der Waals surface area contributed by atoms with Crippen LogP contribution < -0.4 is 0 Å². The van der Waals surface area contributed by atoms with Crippen LogP contribution in [0.4, 0.5) is 0 Å². The molecule has 0 heterocycles. The average molecular weight is 341 g/mol. The Balaban J connectivity index is 5.71. The summed E-state index contributed by atoms with van der Waals surface area (Å²) in [7, 11) is 1.09. The largest absolute Gasteiger partial charge is 0.282 e. The molecule has 0 rings (SSSR count). The molecule has 0 aliphatic rings. The van der Waals surface area contributed by atoms with Gasteiger partial charge in [-0.15, -0.1) is 6.58 Å². The molecule has 0 N–H and O–H groups in total. The predicted molar refractivity (Wildman–Crippen MR) is 110 cm³/mol. The van der Waals surface area contributed by atoms with Crippen LogP contribution in [0.5, 0.6) is 0 Å². The highest BCUT2D eigenvalue weighted by Crippen LogP contribution is 2.33. The Hall–Kier alpha value is -0.123. The molecule has 0 aromatic rings. The number of unbranched alkanes of at least 4 members (excludes halogenated alkanes) is 2. The van der Waals surface area contributed by atoms with Gasteiger partial charge in [0.15, 0.2) is 0 Å². The molecule has 3 heteroatoms. The lowest BCUT2D eigenvalue weighted by Crippen LogP contribution is -2.62. The van der Waals surface area contributed by atoms with Gasteiger partial charge in [0.25, 0.3) is 0 Å². The molecule has 0 aliphatic heterocycles. The minimum Gasteiger partial charge on any atom is -0.282 e. The van der Waals surface area contributed by atoms with E-state index < -0.39 is 0 Å². The highest BCUT2D eigenvalue weighted by atomic mass is 28.1. The van der Waals surface area contributed by atoms with E-state index in [-0.39, 0.29) is 5.66 Å². The third kappa shape index (κ3) is 6.72.